The predicted octanol–water partition coefficient (Wildman–Crippen LogP) is 1.60. The van der Waals surface area contributed by atoms with Crippen molar-refractivity contribution in [2.75, 3.05) is 18.0 Å². The summed E-state index contributed by atoms with van der Waals surface area (Å²) in [6, 6.07) is 3.67. The Balaban J connectivity index is 1.56. The number of hydrogen-bond donors (Lipinski definition) is 1. The molecule has 1 atom stereocenters. The van der Waals surface area contributed by atoms with Crippen molar-refractivity contribution >= 4 is 11.7 Å². The Hall–Kier alpha value is -2.37. The summed E-state index contributed by atoms with van der Waals surface area (Å²) in [5.74, 6) is 1.65. The molecule has 21 heavy (non-hydrogen) atoms. The van der Waals surface area contributed by atoms with Gasteiger partial charge in [-0.15, -0.1) is 0 Å². The highest BCUT2D eigenvalue weighted by Crippen LogP contribution is 2.21. The zero-order chi connectivity index (χ0) is 14.5. The maximum absolute atomic E-state index is 12.3. The highest BCUT2D eigenvalue weighted by Gasteiger charge is 2.26. The minimum Gasteiger partial charge on any atom is -0.467 e. The quantitative estimate of drug-likeness (QED) is 0.924. The summed E-state index contributed by atoms with van der Waals surface area (Å²) < 4.78 is 5.22. The van der Waals surface area contributed by atoms with Gasteiger partial charge in [0.15, 0.2) is 0 Å². The first-order chi connectivity index (χ1) is 10.3. The van der Waals surface area contributed by atoms with Gasteiger partial charge >= 0.3 is 0 Å². The summed E-state index contributed by atoms with van der Waals surface area (Å²) in [6.45, 7) is 2.04. The number of furan rings is 1. The first kappa shape index (κ1) is 13.6. The van der Waals surface area contributed by atoms with E-state index in [9.17, 15) is 4.79 Å². The van der Waals surface area contributed by atoms with Crippen LogP contribution >= 0.6 is 0 Å². The number of rotatable bonds is 4. The smallest absolute Gasteiger partial charge is 0.225 e. The SMILES string of the molecule is O=C(NCc1ccco1)[C@@H]1CCCN(c2cnccn2)C1. The predicted molar refractivity (Wildman–Crippen MR) is 77.5 cm³/mol. The van der Waals surface area contributed by atoms with Gasteiger partial charge < -0.3 is 14.6 Å². The first-order valence-corrected chi connectivity index (χ1v) is 7.14. The maximum atomic E-state index is 12.3. The molecule has 0 saturated carbocycles. The molecule has 6 heteroatoms. The zero-order valence-electron chi connectivity index (χ0n) is 11.7. The molecule has 2 aromatic heterocycles. The van der Waals surface area contributed by atoms with Crippen molar-refractivity contribution in [3.05, 3.63) is 42.7 Å². The van der Waals surface area contributed by atoms with Crippen LogP contribution in [0.3, 0.4) is 0 Å². The number of nitrogens with one attached hydrogen (secondary N) is 1. The molecule has 2 aromatic rings. The molecule has 1 amide bonds. The van der Waals surface area contributed by atoms with Gasteiger partial charge in [0.1, 0.15) is 11.6 Å². The van der Waals surface area contributed by atoms with Crippen molar-refractivity contribution in [3.63, 3.8) is 0 Å². The van der Waals surface area contributed by atoms with Crippen LogP contribution in [0.2, 0.25) is 0 Å². The van der Waals surface area contributed by atoms with Gasteiger partial charge in [0.2, 0.25) is 5.91 Å². The molecule has 1 N–H and O–H groups in total. The zero-order valence-corrected chi connectivity index (χ0v) is 11.7. The third-order valence-corrected chi connectivity index (χ3v) is 3.68. The lowest BCUT2D eigenvalue weighted by atomic mass is 9.97. The number of carbonyl (C=O) groups excluding carboxylic acids is 1. The number of nitrogens with zero attached hydrogens (tertiary/aromatic N) is 3. The minimum absolute atomic E-state index is 0.0179. The molecule has 1 saturated heterocycles. The second-order valence-corrected chi connectivity index (χ2v) is 5.15. The van der Waals surface area contributed by atoms with Crippen LogP contribution in [0.1, 0.15) is 18.6 Å². The van der Waals surface area contributed by atoms with E-state index in [0.717, 1.165) is 31.0 Å². The summed E-state index contributed by atoms with van der Waals surface area (Å²) in [6.07, 6.45) is 8.56. The van der Waals surface area contributed by atoms with Gasteiger partial charge in [-0.05, 0) is 25.0 Å². The Morgan fingerprint density at radius 3 is 3.19 bits per heavy atom. The average molecular weight is 286 g/mol. The Bertz CT molecular complexity index is 571. The number of hydrogen-bond acceptors (Lipinski definition) is 5. The van der Waals surface area contributed by atoms with E-state index in [1.54, 1.807) is 24.9 Å². The number of piperidine rings is 1. The fraction of sp³-hybridized carbons (Fsp3) is 0.400. The lowest BCUT2D eigenvalue weighted by Gasteiger charge is -2.32. The Morgan fingerprint density at radius 1 is 1.48 bits per heavy atom. The van der Waals surface area contributed by atoms with Crippen LogP contribution in [0.25, 0.3) is 0 Å². The maximum Gasteiger partial charge on any atom is 0.225 e. The van der Waals surface area contributed by atoms with E-state index in [2.05, 4.69) is 20.2 Å². The molecular weight excluding hydrogens is 268 g/mol. The van der Waals surface area contributed by atoms with Crippen molar-refractivity contribution < 1.29 is 9.21 Å². The Labute approximate surface area is 123 Å². The molecule has 6 nitrogen and oxygen atoms in total. The molecular formula is C15H18N4O2. The molecule has 0 radical (unpaired) electrons. The van der Waals surface area contributed by atoms with Crippen LogP contribution in [-0.2, 0) is 11.3 Å². The second-order valence-electron chi connectivity index (χ2n) is 5.15. The highest BCUT2D eigenvalue weighted by atomic mass is 16.3. The van der Waals surface area contributed by atoms with Crippen LogP contribution in [0.15, 0.2) is 41.4 Å². The third-order valence-electron chi connectivity index (χ3n) is 3.68. The molecule has 0 aliphatic carbocycles. The molecule has 1 aliphatic heterocycles. The topological polar surface area (TPSA) is 71.3 Å². The van der Waals surface area contributed by atoms with Crippen LogP contribution in [0.4, 0.5) is 5.82 Å². The highest BCUT2D eigenvalue weighted by molar-refractivity contribution is 5.79. The molecule has 0 bridgehead atoms. The van der Waals surface area contributed by atoms with Crippen molar-refractivity contribution in [2.24, 2.45) is 5.92 Å². The number of amides is 1. The summed E-state index contributed by atoms with van der Waals surface area (Å²) in [4.78, 5) is 22.8. The van der Waals surface area contributed by atoms with Crippen LogP contribution in [0, 0.1) is 5.92 Å². The third kappa shape index (κ3) is 3.39. The standard InChI is InChI=1S/C15H18N4O2/c20-15(18-9-13-4-2-8-21-13)12-3-1-7-19(11-12)14-10-16-5-6-17-14/h2,4-6,8,10,12H,1,3,7,9,11H2,(H,18,20)/t12-/m1/s1. The lowest BCUT2D eigenvalue weighted by molar-refractivity contribution is -0.125. The normalized spacial score (nSPS) is 18.5. The summed E-state index contributed by atoms with van der Waals surface area (Å²) in [5.41, 5.74) is 0. The summed E-state index contributed by atoms with van der Waals surface area (Å²) in [7, 11) is 0. The van der Waals surface area contributed by atoms with Crippen LogP contribution < -0.4 is 10.2 Å². The van der Waals surface area contributed by atoms with Gasteiger partial charge in [0.25, 0.3) is 0 Å². The lowest BCUT2D eigenvalue weighted by Crippen LogP contribution is -2.43. The first-order valence-electron chi connectivity index (χ1n) is 7.14. The number of aromatic nitrogens is 2. The fourth-order valence-electron chi connectivity index (χ4n) is 2.59. The van der Waals surface area contributed by atoms with Gasteiger partial charge in [-0.1, -0.05) is 0 Å². The molecule has 0 spiro atoms. The van der Waals surface area contributed by atoms with Crippen molar-refractivity contribution in [2.45, 2.75) is 19.4 Å². The summed E-state index contributed by atoms with van der Waals surface area (Å²) in [5, 5.41) is 2.93. The van der Waals surface area contributed by atoms with Crippen LogP contribution in [0.5, 0.6) is 0 Å². The molecule has 3 heterocycles. The van der Waals surface area contributed by atoms with E-state index in [-0.39, 0.29) is 11.8 Å². The van der Waals surface area contributed by atoms with E-state index in [1.807, 2.05) is 12.1 Å². The number of carbonyl (C=O) groups is 1. The minimum atomic E-state index is -0.0179. The molecule has 0 unspecified atom stereocenters. The largest absolute Gasteiger partial charge is 0.467 e. The van der Waals surface area contributed by atoms with E-state index < -0.39 is 0 Å². The fourth-order valence-corrected chi connectivity index (χ4v) is 2.59. The van der Waals surface area contributed by atoms with E-state index in [0.29, 0.717) is 13.1 Å². The summed E-state index contributed by atoms with van der Waals surface area (Å²) >= 11 is 0. The van der Waals surface area contributed by atoms with Gasteiger partial charge in [-0.3, -0.25) is 9.78 Å². The van der Waals surface area contributed by atoms with Gasteiger partial charge in [0, 0.05) is 25.5 Å². The second kappa shape index (κ2) is 6.39. The Morgan fingerprint density at radius 2 is 2.43 bits per heavy atom. The van der Waals surface area contributed by atoms with E-state index in [1.165, 1.54) is 0 Å². The number of anilines is 1. The van der Waals surface area contributed by atoms with Gasteiger partial charge in [0.05, 0.1) is 24.9 Å². The van der Waals surface area contributed by atoms with Crippen molar-refractivity contribution in [3.8, 4) is 0 Å². The monoisotopic (exact) mass is 286 g/mol. The van der Waals surface area contributed by atoms with Crippen molar-refractivity contribution in [1.29, 1.82) is 0 Å². The van der Waals surface area contributed by atoms with E-state index >= 15 is 0 Å². The average Bonchev–Trinajstić information content (AvgIpc) is 3.07. The van der Waals surface area contributed by atoms with E-state index in [4.69, 9.17) is 4.42 Å². The van der Waals surface area contributed by atoms with Crippen molar-refractivity contribution in [1.82, 2.24) is 15.3 Å². The van der Waals surface area contributed by atoms with Gasteiger partial charge in [-0.2, -0.15) is 0 Å². The van der Waals surface area contributed by atoms with Crippen LogP contribution in [-0.4, -0.2) is 29.0 Å². The molecule has 0 aromatic carbocycles. The van der Waals surface area contributed by atoms with Gasteiger partial charge in [-0.25, -0.2) is 4.98 Å². The molecule has 110 valence electrons. The molecule has 1 aliphatic rings. The molecule has 3 rings (SSSR count). The molecule has 1 fully saturated rings. The Kier molecular flexibility index (Phi) is 4.14.